The van der Waals surface area contributed by atoms with Crippen molar-refractivity contribution >= 4 is 23.5 Å². The van der Waals surface area contributed by atoms with Crippen molar-refractivity contribution in [2.75, 3.05) is 0 Å². The molecule has 124 valence electrons. The van der Waals surface area contributed by atoms with Crippen LogP contribution in [-0.2, 0) is 9.53 Å². The van der Waals surface area contributed by atoms with Gasteiger partial charge in [-0.15, -0.1) is 0 Å². The average molecular weight is 348 g/mol. The Balaban J connectivity index is 1.84. The van der Waals surface area contributed by atoms with Crippen LogP contribution in [0.3, 0.4) is 0 Å². The van der Waals surface area contributed by atoms with Crippen molar-refractivity contribution in [1.82, 2.24) is 5.32 Å². The van der Waals surface area contributed by atoms with Crippen LogP contribution in [0.4, 0.5) is 4.39 Å². The molecule has 3 rings (SSSR count). The summed E-state index contributed by atoms with van der Waals surface area (Å²) in [6, 6.07) is 12.3. The lowest BCUT2D eigenvalue weighted by Crippen LogP contribution is -2.33. The summed E-state index contributed by atoms with van der Waals surface area (Å²) in [5, 5.41) is 3.01. The second-order valence-corrected chi connectivity index (χ2v) is 6.04. The summed E-state index contributed by atoms with van der Waals surface area (Å²) in [6.45, 7) is 0. The molecule has 0 unspecified atom stereocenters. The molecule has 0 aliphatic heterocycles. The number of carbonyl (C=O) groups excluding carboxylic acids is 2. The van der Waals surface area contributed by atoms with Crippen LogP contribution in [0.25, 0.3) is 0 Å². The van der Waals surface area contributed by atoms with Gasteiger partial charge in [-0.25, -0.2) is 9.18 Å². The van der Waals surface area contributed by atoms with Crippen molar-refractivity contribution in [3.63, 3.8) is 0 Å². The van der Waals surface area contributed by atoms with E-state index in [1.54, 1.807) is 30.3 Å². The molecule has 1 amide bonds. The van der Waals surface area contributed by atoms with E-state index < -0.39 is 23.8 Å². The molecule has 1 N–H and O–H groups in total. The van der Waals surface area contributed by atoms with Gasteiger partial charge >= 0.3 is 5.97 Å². The maximum absolute atomic E-state index is 13.8. The van der Waals surface area contributed by atoms with Gasteiger partial charge in [0.05, 0.1) is 5.56 Å². The van der Waals surface area contributed by atoms with Crippen molar-refractivity contribution in [2.24, 2.45) is 0 Å². The molecular formula is C18H15ClFNO3. The second kappa shape index (κ2) is 7.01. The van der Waals surface area contributed by atoms with E-state index in [0.29, 0.717) is 5.56 Å². The summed E-state index contributed by atoms with van der Waals surface area (Å²) in [5.41, 5.74) is 0.217. The molecule has 4 nitrogen and oxygen atoms in total. The fourth-order valence-electron chi connectivity index (χ4n) is 2.23. The summed E-state index contributed by atoms with van der Waals surface area (Å²) in [6.07, 6.45) is 0.673. The molecule has 2 aromatic carbocycles. The first-order valence-corrected chi connectivity index (χ1v) is 7.94. The van der Waals surface area contributed by atoms with Crippen LogP contribution in [0.15, 0.2) is 48.5 Å². The van der Waals surface area contributed by atoms with Gasteiger partial charge in [-0.3, -0.25) is 4.79 Å². The number of ether oxygens (including phenoxy) is 1. The highest BCUT2D eigenvalue weighted by molar-refractivity contribution is 6.30. The Hall–Kier alpha value is -2.40. The van der Waals surface area contributed by atoms with Gasteiger partial charge in [0, 0.05) is 16.6 Å². The molecule has 1 atom stereocenters. The van der Waals surface area contributed by atoms with Crippen LogP contribution >= 0.6 is 11.6 Å². The summed E-state index contributed by atoms with van der Waals surface area (Å²) in [7, 11) is 0. The number of amides is 1. The highest BCUT2D eigenvalue weighted by atomic mass is 35.5. The van der Waals surface area contributed by atoms with Crippen LogP contribution in [0.2, 0.25) is 5.02 Å². The zero-order chi connectivity index (χ0) is 17.1. The lowest BCUT2D eigenvalue weighted by atomic mass is 10.1. The third-order valence-corrected chi connectivity index (χ3v) is 3.87. The maximum Gasteiger partial charge on any atom is 0.342 e. The minimum atomic E-state index is -1.14. The molecule has 24 heavy (non-hydrogen) atoms. The quantitative estimate of drug-likeness (QED) is 0.840. The van der Waals surface area contributed by atoms with E-state index in [1.807, 2.05) is 0 Å². The SMILES string of the molecule is O=C(O[C@H](C(=O)NC1CC1)c1ccccc1)c1cc(Cl)ccc1F. The van der Waals surface area contributed by atoms with Gasteiger partial charge in [-0.1, -0.05) is 41.9 Å². The fourth-order valence-corrected chi connectivity index (χ4v) is 2.40. The summed E-state index contributed by atoms with van der Waals surface area (Å²) < 4.78 is 19.1. The number of rotatable bonds is 5. The van der Waals surface area contributed by atoms with Gasteiger partial charge in [-0.2, -0.15) is 0 Å². The topological polar surface area (TPSA) is 55.4 Å². The minimum Gasteiger partial charge on any atom is -0.444 e. The first-order valence-electron chi connectivity index (χ1n) is 7.56. The lowest BCUT2D eigenvalue weighted by Gasteiger charge is -2.18. The molecule has 6 heteroatoms. The Labute approximate surface area is 143 Å². The van der Waals surface area contributed by atoms with Crippen LogP contribution in [0.5, 0.6) is 0 Å². The van der Waals surface area contributed by atoms with E-state index in [4.69, 9.17) is 16.3 Å². The first kappa shape index (κ1) is 16.5. The van der Waals surface area contributed by atoms with Gasteiger partial charge in [0.25, 0.3) is 5.91 Å². The molecule has 0 saturated heterocycles. The smallest absolute Gasteiger partial charge is 0.342 e. The second-order valence-electron chi connectivity index (χ2n) is 5.60. The fraction of sp³-hybridized carbons (Fsp3) is 0.222. The molecule has 1 fully saturated rings. The largest absolute Gasteiger partial charge is 0.444 e. The molecule has 0 bridgehead atoms. The predicted octanol–water partition coefficient (Wildman–Crippen LogP) is 3.66. The van der Waals surface area contributed by atoms with Crippen LogP contribution in [0.1, 0.15) is 34.9 Å². The van der Waals surface area contributed by atoms with E-state index in [0.717, 1.165) is 18.9 Å². The van der Waals surface area contributed by atoms with Gasteiger partial charge in [0.1, 0.15) is 5.82 Å². The molecular weight excluding hydrogens is 333 g/mol. The number of nitrogens with one attached hydrogen (secondary N) is 1. The predicted molar refractivity (Wildman–Crippen MR) is 87.2 cm³/mol. The Bertz CT molecular complexity index is 762. The number of carbonyl (C=O) groups is 2. The summed E-state index contributed by atoms with van der Waals surface area (Å²) in [5.74, 6) is -2.10. The van der Waals surface area contributed by atoms with E-state index in [2.05, 4.69) is 5.32 Å². The number of benzene rings is 2. The molecule has 0 spiro atoms. The molecule has 1 saturated carbocycles. The van der Waals surface area contributed by atoms with Gasteiger partial charge in [0.15, 0.2) is 0 Å². The number of esters is 1. The van der Waals surface area contributed by atoms with Gasteiger partial charge in [-0.05, 0) is 31.0 Å². The minimum absolute atomic E-state index is 0.116. The number of halogens is 2. The third kappa shape index (κ3) is 3.92. The molecule has 0 radical (unpaired) electrons. The number of hydrogen-bond acceptors (Lipinski definition) is 3. The monoisotopic (exact) mass is 347 g/mol. The maximum atomic E-state index is 13.8. The lowest BCUT2D eigenvalue weighted by molar-refractivity contribution is -0.130. The number of hydrogen-bond donors (Lipinski definition) is 1. The molecule has 2 aromatic rings. The normalized spacial score (nSPS) is 14.8. The molecule has 0 heterocycles. The van der Waals surface area contributed by atoms with Crippen molar-refractivity contribution in [3.8, 4) is 0 Å². The van der Waals surface area contributed by atoms with E-state index in [-0.39, 0.29) is 16.6 Å². The zero-order valence-corrected chi connectivity index (χ0v) is 13.4. The van der Waals surface area contributed by atoms with Crippen LogP contribution in [0, 0.1) is 5.82 Å². The van der Waals surface area contributed by atoms with Crippen molar-refractivity contribution in [3.05, 3.63) is 70.5 Å². The highest BCUT2D eigenvalue weighted by Crippen LogP contribution is 2.25. The van der Waals surface area contributed by atoms with Crippen LogP contribution < -0.4 is 5.32 Å². The standard InChI is InChI=1S/C18H15ClFNO3/c19-12-6-9-15(20)14(10-12)18(23)24-16(11-4-2-1-3-5-11)17(22)21-13-7-8-13/h1-6,9-10,13,16H,7-8H2,(H,21,22)/t16-/m0/s1. The zero-order valence-electron chi connectivity index (χ0n) is 12.7. The highest BCUT2D eigenvalue weighted by Gasteiger charge is 2.31. The molecule has 1 aliphatic rings. The van der Waals surface area contributed by atoms with E-state index in [1.165, 1.54) is 12.1 Å². The van der Waals surface area contributed by atoms with Crippen molar-refractivity contribution in [1.29, 1.82) is 0 Å². The molecule has 0 aromatic heterocycles. The Morgan fingerprint density at radius 2 is 1.88 bits per heavy atom. The van der Waals surface area contributed by atoms with Gasteiger partial charge < -0.3 is 10.1 Å². The van der Waals surface area contributed by atoms with E-state index in [9.17, 15) is 14.0 Å². The third-order valence-electron chi connectivity index (χ3n) is 3.64. The summed E-state index contributed by atoms with van der Waals surface area (Å²) >= 11 is 5.80. The van der Waals surface area contributed by atoms with Crippen molar-refractivity contribution < 1.29 is 18.7 Å². The van der Waals surface area contributed by atoms with Gasteiger partial charge in [0.2, 0.25) is 6.10 Å². The Morgan fingerprint density at radius 3 is 2.54 bits per heavy atom. The first-order chi connectivity index (χ1) is 11.5. The Kier molecular flexibility index (Phi) is 4.81. The Morgan fingerprint density at radius 1 is 1.17 bits per heavy atom. The van der Waals surface area contributed by atoms with Crippen molar-refractivity contribution in [2.45, 2.75) is 25.0 Å². The van der Waals surface area contributed by atoms with Crippen LogP contribution in [-0.4, -0.2) is 17.9 Å². The molecule has 1 aliphatic carbocycles. The van der Waals surface area contributed by atoms with E-state index >= 15 is 0 Å². The average Bonchev–Trinajstić information content (AvgIpc) is 3.39. The summed E-state index contributed by atoms with van der Waals surface area (Å²) in [4.78, 5) is 24.7.